The van der Waals surface area contributed by atoms with Crippen LogP contribution in [-0.2, 0) is 96.2 Å². The number of rotatable bonds is 24. The minimum Gasteiger partial charge on any atom is -0.481 e. The van der Waals surface area contributed by atoms with E-state index in [0.717, 1.165) is 150 Å². The van der Waals surface area contributed by atoms with E-state index in [1.54, 1.807) is 31.2 Å². The van der Waals surface area contributed by atoms with E-state index in [0.29, 0.717) is 97.8 Å². The van der Waals surface area contributed by atoms with Crippen LogP contribution in [0.25, 0.3) is 0 Å². The van der Waals surface area contributed by atoms with Gasteiger partial charge in [0.25, 0.3) is 0 Å². The minimum absolute atomic E-state index is 0. The summed E-state index contributed by atoms with van der Waals surface area (Å²) in [7, 11) is -6.38. The Morgan fingerprint density at radius 1 is 0.528 bits per heavy atom. The molecule has 5 N–H and O–H groups in total. The van der Waals surface area contributed by atoms with Gasteiger partial charge in [-0.2, -0.15) is 23.7 Å². The molecule has 10 heterocycles. The maximum atomic E-state index is 14.5. The minimum atomic E-state index is -4.63. The molecule has 2 aromatic carbocycles. The maximum Gasteiger partial charge on any atom is 0.433 e. The van der Waals surface area contributed by atoms with E-state index in [2.05, 4.69) is 36.3 Å². The predicted molar refractivity (Wildman–Crippen MR) is 469 cm³/mol. The predicted octanol–water partition coefficient (Wildman–Crippen LogP) is 15.0. The molecule has 2 atom stereocenters. The van der Waals surface area contributed by atoms with Crippen LogP contribution in [0.4, 0.5) is 26.7 Å². The number of carbonyl (C=O) groups is 3. The summed E-state index contributed by atoms with van der Waals surface area (Å²) < 4.78 is 167. The summed E-state index contributed by atoms with van der Waals surface area (Å²) in [6, 6.07) is 29.3. The number of aliphatic hydroxyl groups excluding tert-OH is 1. The standard InChI is InChI=1S/C25H29F4NO5S.C17H26N2O4.C12H15FO4S.C12H18N2O2.C12H14N2O2.C7H5ClN2.C5H10O2.ClH/c1-16(19-4-3-17(21(26)15-19)11-14-36(2,32)33)22(31)7-5-18-6-8-23(25(27,28)29)30-24(18)35-20-9-12-34-13-10-20;1-12-5-6-13(11-18-16(20)23-17(2,3)4)15(19-12)22-14-7-9-21-10-8-14;1-8(12(14)15)10-4-3-9(11(13)7-10)5-6-18(2,16)17;2*1-9-2-3-10(8-13)12(14-9)16-11-4-6-15-7-5-11;1-5-2-3-6(4-9)7(8)10-5;6-5-1-3-7-4-2-5;/h3-4,6,8,15-16,20H,5,7,9-14H2,1-2H3;5-6,14H,7-11H2,1-4H3,(H,18,20);3-4,7-8H,5-6H2,1-2H3,(H,14,15);2-3,11H,4-8,13H2,1H3;2-3,11H,4-7H2,1H3;2-3H,1H3;5-6H,1-4H2;1H. The number of amides is 1. The van der Waals surface area contributed by atoms with Crippen LogP contribution in [0.3, 0.4) is 0 Å². The smallest absolute Gasteiger partial charge is 0.433 e. The number of benzene rings is 2. The van der Waals surface area contributed by atoms with Crippen LogP contribution in [-0.4, -0.2) is 196 Å². The van der Waals surface area contributed by atoms with Gasteiger partial charge in [0.1, 0.15) is 95.7 Å². The van der Waals surface area contributed by atoms with E-state index in [9.17, 15) is 53.2 Å². The Hall–Kier alpha value is -9.37. The molecule has 37 heteroatoms. The van der Waals surface area contributed by atoms with Crippen LogP contribution in [0.1, 0.15) is 196 Å². The van der Waals surface area contributed by atoms with Crippen molar-refractivity contribution < 1.29 is 111 Å². The summed E-state index contributed by atoms with van der Waals surface area (Å²) in [6.45, 7) is 23.7. The number of alkyl halides is 3. The number of halogens is 7. The average molecular weight is 1860 g/mol. The monoisotopic (exact) mass is 1860 g/mol. The fourth-order valence-corrected chi connectivity index (χ4v) is 13.7. The largest absolute Gasteiger partial charge is 0.481 e. The van der Waals surface area contributed by atoms with Gasteiger partial charge < -0.3 is 68.6 Å². The summed E-state index contributed by atoms with van der Waals surface area (Å²) in [6.07, 6.45) is 5.33. The molecule has 5 fully saturated rings. The molecule has 5 aromatic heterocycles. The number of aryl methyl sites for hydroxylation is 7. The number of aliphatic hydroxyl groups is 1. The van der Waals surface area contributed by atoms with Gasteiger partial charge in [-0.15, -0.1) is 12.4 Å². The van der Waals surface area contributed by atoms with Gasteiger partial charge in [-0.3, -0.25) is 9.59 Å². The SMILES string of the molecule is CC(C(=O)CCc1ccc(C(F)(F)F)nc1OC1CCOCC1)c1ccc(CCS(C)(=O)=O)c(F)c1.CC(C(=O)O)c1ccc(CCS(C)(=O)=O)c(F)c1.Cc1ccc(C#N)c(Cl)n1.Cc1ccc(C#N)c(OC2CCOCC2)n1.Cc1ccc(CN)c(OC2CCOCC2)n1.Cc1ccc(CNC(=O)OC(C)(C)C)c(OC2CCOCC2)n1.Cl.OC1CCOCC1. The topological polar surface area (TPSA) is 402 Å². The number of hydrogen-bond donors (Lipinski definition) is 4. The molecule has 127 heavy (non-hydrogen) atoms. The number of nitrogens with zero attached hydrogens (tertiary/aromatic N) is 7. The molecule has 0 saturated carbocycles. The molecule has 5 aliphatic rings. The first-order chi connectivity index (χ1) is 59.6. The normalized spacial score (nSPS) is 15.7. The number of alkyl carbamates (subject to hydrolysis) is 1. The molecule has 5 aliphatic heterocycles. The van der Waals surface area contributed by atoms with Crippen molar-refractivity contribution in [1.82, 2.24) is 30.2 Å². The number of ketones is 1. The van der Waals surface area contributed by atoms with Crippen LogP contribution in [0.2, 0.25) is 5.15 Å². The zero-order valence-corrected chi connectivity index (χ0v) is 76.8. The third kappa shape index (κ3) is 41.3. The zero-order chi connectivity index (χ0) is 92.7. The third-order valence-corrected chi connectivity index (χ3v) is 21.9. The summed E-state index contributed by atoms with van der Waals surface area (Å²) in [5.74, 6) is -2.59. The Bertz CT molecular complexity index is 4960. The highest BCUT2D eigenvalue weighted by Gasteiger charge is 2.35. The number of carbonyl (C=O) groups excluding carboxylic acids is 2. The second-order valence-electron chi connectivity index (χ2n) is 31.6. The van der Waals surface area contributed by atoms with E-state index >= 15 is 0 Å². The van der Waals surface area contributed by atoms with Gasteiger partial charge >= 0.3 is 18.2 Å². The summed E-state index contributed by atoms with van der Waals surface area (Å²) in [5.41, 5.74) is 12.0. The number of pyridine rings is 5. The Labute approximate surface area is 752 Å². The number of carboxylic acid groups (broad SMARTS) is 1. The lowest BCUT2D eigenvalue weighted by atomic mass is 9.92. The van der Waals surface area contributed by atoms with E-state index in [4.69, 9.17) is 85.4 Å². The molecule has 7 aromatic rings. The van der Waals surface area contributed by atoms with Gasteiger partial charge in [0.2, 0.25) is 23.5 Å². The fourth-order valence-electron chi connectivity index (χ4n) is 12.3. The molecular weight excluding hydrogens is 1740 g/mol. The van der Waals surface area contributed by atoms with Gasteiger partial charge in [-0.25, -0.2) is 55.3 Å². The van der Waals surface area contributed by atoms with Crippen LogP contribution in [0.5, 0.6) is 23.5 Å². The Morgan fingerprint density at radius 3 is 1.27 bits per heavy atom. The number of nitrogens with one attached hydrogen (secondary N) is 1. The molecule has 0 spiro atoms. The molecular formula is C90H118Cl2F5N9O19S2. The zero-order valence-electron chi connectivity index (χ0n) is 73.6. The number of nitriles is 2. The molecule has 28 nitrogen and oxygen atoms in total. The molecule has 0 bridgehead atoms. The number of aliphatic carboxylic acids is 1. The quantitative estimate of drug-likeness (QED) is 0.0322. The lowest BCUT2D eigenvalue weighted by molar-refractivity contribution is -0.141. The number of nitrogens with two attached hydrogens (primary N) is 1. The van der Waals surface area contributed by atoms with Crippen molar-refractivity contribution in [2.75, 3.05) is 90.1 Å². The molecule has 2 unspecified atom stereocenters. The second-order valence-corrected chi connectivity index (χ2v) is 36.5. The van der Waals surface area contributed by atoms with Crippen molar-refractivity contribution in [1.29, 1.82) is 10.5 Å². The first-order valence-corrected chi connectivity index (χ1v) is 46.1. The Kier molecular flexibility index (Phi) is 46.2. The van der Waals surface area contributed by atoms with Gasteiger partial charge in [0.15, 0.2) is 0 Å². The van der Waals surface area contributed by atoms with E-state index in [1.165, 1.54) is 37.3 Å². The number of carboxylic acids is 1. The van der Waals surface area contributed by atoms with Gasteiger partial charge in [0.05, 0.1) is 88.5 Å². The molecule has 0 aliphatic carbocycles. The van der Waals surface area contributed by atoms with Gasteiger partial charge in [0, 0.05) is 135 Å². The van der Waals surface area contributed by atoms with E-state index in [-0.39, 0.29) is 108 Å². The van der Waals surface area contributed by atoms with Gasteiger partial charge in [-0.1, -0.05) is 61.0 Å². The number of ether oxygens (including phenoxy) is 10. The van der Waals surface area contributed by atoms with Crippen molar-refractivity contribution in [3.8, 4) is 35.7 Å². The van der Waals surface area contributed by atoms with Crippen molar-refractivity contribution in [3.05, 3.63) is 192 Å². The highest BCUT2D eigenvalue weighted by Crippen LogP contribution is 2.34. The molecule has 5 saturated heterocycles. The van der Waals surface area contributed by atoms with Crippen LogP contribution in [0, 0.1) is 62.0 Å². The van der Waals surface area contributed by atoms with E-state index in [1.807, 2.05) is 84.9 Å². The summed E-state index contributed by atoms with van der Waals surface area (Å²) in [4.78, 5) is 56.1. The van der Waals surface area contributed by atoms with Gasteiger partial charge in [-0.05, 0) is 164 Å². The first kappa shape index (κ1) is 108. The molecule has 1 amide bonds. The third-order valence-electron chi connectivity index (χ3n) is 19.8. The highest BCUT2D eigenvalue weighted by molar-refractivity contribution is 7.90. The number of Topliss-reactive ketones (excluding diaryl/α,β-unsaturated/α-hetero) is 1. The lowest BCUT2D eigenvalue weighted by Gasteiger charge is -2.24. The fraction of sp³-hybridized carbons (Fsp3) is 0.533. The number of hydrogen-bond acceptors (Lipinski definition) is 26. The van der Waals surface area contributed by atoms with Crippen molar-refractivity contribution in [2.24, 2.45) is 5.73 Å². The van der Waals surface area contributed by atoms with Crippen molar-refractivity contribution in [3.63, 3.8) is 0 Å². The highest BCUT2D eigenvalue weighted by atomic mass is 35.5. The van der Waals surface area contributed by atoms with Crippen LogP contribution in [0.15, 0.2) is 97.1 Å². The molecule has 12 rings (SSSR count). The van der Waals surface area contributed by atoms with Crippen molar-refractivity contribution in [2.45, 2.75) is 219 Å². The maximum absolute atomic E-state index is 14.5. The Balaban J connectivity index is 0.000000276. The lowest BCUT2D eigenvalue weighted by Crippen LogP contribution is -2.32. The number of sulfone groups is 2. The summed E-state index contributed by atoms with van der Waals surface area (Å²) in [5, 5.41) is 38.0. The Morgan fingerprint density at radius 2 is 0.890 bits per heavy atom. The molecule has 0 radical (unpaired) electrons. The van der Waals surface area contributed by atoms with Crippen LogP contribution >= 0.6 is 24.0 Å². The van der Waals surface area contributed by atoms with E-state index < -0.39 is 72.7 Å². The second kappa shape index (κ2) is 54.2. The number of aromatic nitrogens is 5. The van der Waals surface area contributed by atoms with Crippen molar-refractivity contribution >= 4 is 61.5 Å². The first-order valence-electron chi connectivity index (χ1n) is 41.6. The van der Waals surface area contributed by atoms with Crippen LogP contribution < -0.4 is 30.0 Å². The molecule has 698 valence electrons. The average Bonchev–Trinajstić information content (AvgIpc) is 0.795. The summed E-state index contributed by atoms with van der Waals surface area (Å²) >= 11 is 5.60.